The van der Waals surface area contributed by atoms with Crippen molar-refractivity contribution >= 4 is 90.5 Å². The number of hydrogen-bond acceptors (Lipinski definition) is 35. The Balaban J connectivity index is -0.0000000423. The molecule has 0 aliphatic rings. The summed E-state index contributed by atoms with van der Waals surface area (Å²) in [6, 6.07) is 0. The zero-order valence-corrected chi connectivity index (χ0v) is 36.2. The van der Waals surface area contributed by atoms with Crippen LogP contribution >= 0.6 is 0 Å². The minimum Gasteiger partial charge on any atom is -0.862 e. The summed E-state index contributed by atoms with van der Waals surface area (Å²) in [7, 11) is -51.7. The van der Waals surface area contributed by atoms with E-state index in [9.17, 15) is 28.8 Å². The molecule has 0 heterocycles. The first-order chi connectivity index (χ1) is 18.5. The summed E-state index contributed by atoms with van der Waals surface area (Å²) in [5.74, 6) is 0. The fraction of sp³-hybridized carbons (Fsp3) is 0. The van der Waals surface area contributed by atoms with Crippen molar-refractivity contribution in [1.29, 1.82) is 0 Å². The van der Waals surface area contributed by atoms with Crippen LogP contribution in [0.5, 0.6) is 0 Å². The number of rotatable bonds is 10. The van der Waals surface area contributed by atoms with E-state index in [1.54, 1.807) is 0 Å². The average Bonchev–Trinajstić information content (AvgIpc) is 2.36. The molecule has 0 fully saturated rings. The topological polar surface area (TPSA) is 670 Å². The maximum absolute atomic E-state index is 9.36. The predicted molar refractivity (Wildman–Crippen MR) is 116 cm³/mol. The Morgan fingerprint density at radius 3 is 0.275 bits per heavy atom. The maximum Gasteiger partial charge on any atom is 1.00 e. The molecule has 0 spiro atoms. The molecule has 51 heavy (non-hydrogen) atoms. The van der Waals surface area contributed by atoms with Gasteiger partial charge in [0.25, 0.3) is 0 Å². The van der Waals surface area contributed by atoms with Gasteiger partial charge < -0.3 is 164 Å². The largest absolute Gasteiger partial charge is 1.00 e. The van der Waals surface area contributed by atoms with Crippen LogP contribution in [0, 0.1) is 0 Å². The van der Waals surface area contributed by atoms with E-state index >= 15 is 0 Å². The quantitative estimate of drug-likeness (QED) is 0.0905. The molecule has 24 N–H and O–H groups in total. The average molecular weight is 907 g/mol. The van der Waals surface area contributed by atoms with Gasteiger partial charge in [-0.05, 0) is 0 Å². The second-order valence-electron chi connectivity index (χ2n) is 6.10. The van der Waals surface area contributed by atoms with Crippen LogP contribution in [0.2, 0.25) is 0 Å². The van der Waals surface area contributed by atoms with Crippen LogP contribution in [0.1, 0.15) is 0 Å². The van der Waals surface area contributed by atoms with Gasteiger partial charge in [-0.2, -0.15) is 0 Å². The van der Waals surface area contributed by atoms with Gasteiger partial charge in [-0.3, -0.25) is 0 Å². The molecule has 0 aliphatic carbocycles. The van der Waals surface area contributed by atoms with Crippen LogP contribution in [-0.4, -0.2) is 206 Å². The molecule has 0 radical (unpaired) electrons. The molecule has 0 amide bonds. The van der Waals surface area contributed by atoms with Crippen molar-refractivity contribution in [2.75, 3.05) is 0 Å². The zero-order chi connectivity index (χ0) is 38.5. The van der Waals surface area contributed by atoms with E-state index in [2.05, 4.69) is 20.6 Å². The minimum atomic E-state index is -5.92. The molecule has 0 aromatic carbocycles. The van der Waals surface area contributed by atoms with Crippen LogP contribution in [0.3, 0.4) is 0 Å². The molecule has 0 aromatic heterocycles. The third kappa shape index (κ3) is 126. The third-order valence-corrected chi connectivity index (χ3v) is 12.1. The molecule has 0 bridgehead atoms. The van der Waals surface area contributed by atoms with Crippen molar-refractivity contribution in [3.8, 4) is 0 Å². The minimum absolute atomic E-state index is 0. The van der Waals surface area contributed by atoms with E-state index in [0.29, 0.717) is 0 Å². The molecule has 0 unspecified atom stereocenters. The Morgan fingerprint density at radius 1 is 0.196 bits per heavy atom. The van der Waals surface area contributed by atoms with Gasteiger partial charge in [0.15, 0.2) is 0 Å². The fourth-order valence-corrected chi connectivity index (χ4v) is 7.99. The van der Waals surface area contributed by atoms with E-state index in [0.717, 1.165) is 0 Å². The summed E-state index contributed by atoms with van der Waals surface area (Å²) in [6.45, 7) is 0. The first-order valence-electron chi connectivity index (χ1n) is 8.63. The first-order valence-corrected chi connectivity index (χ1v) is 25.9. The van der Waals surface area contributed by atoms with Crippen molar-refractivity contribution < 1.29 is 278 Å². The number of hydrogen-bond donors (Lipinski definition) is 24. The molecular weight excluding hydrogens is 882 g/mol. The molecular formula is H24Li6O35Si10. The molecule has 35 nitrogen and oxygen atoms in total. The third-order valence-electron chi connectivity index (χ3n) is 1.35. The van der Waals surface area contributed by atoms with Gasteiger partial charge in [0.1, 0.15) is 0 Å². The summed E-state index contributed by atoms with van der Waals surface area (Å²) >= 11 is 0. The van der Waals surface area contributed by atoms with E-state index in [4.69, 9.17) is 115 Å². The Labute approximate surface area is 364 Å². The van der Waals surface area contributed by atoms with Crippen LogP contribution in [0.25, 0.3) is 0 Å². The molecule has 280 valence electrons. The van der Waals surface area contributed by atoms with Crippen molar-refractivity contribution in [2.24, 2.45) is 0 Å². The van der Waals surface area contributed by atoms with Gasteiger partial charge in [-0.1, -0.05) is 0 Å². The zero-order valence-electron chi connectivity index (χ0n) is 26.2. The molecule has 0 saturated heterocycles. The van der Waals surface area contributed by atoms with Gasteiger partial charge in [0, 0.05) is 0 Å². The summed E-state index contributed by atoms with van der Waals surface area (Å²) in [4.78, 5) is 247. The summed E-state index contributed by atoms with van der Waals surface area (Å²) in [5, 5.41) is 0. The Kier molecular flexibility index (Phi) is 52.4. The van der Waals surface area contributed by atoms with E-state index in [-0.39, 0.29) is 113 Å². The van der Waals surface area contributed by atoms with Gasteiger partial charge >= 0.3 is 186 Å². The molecule has 0 atom stereocenters. The monoisotopic (exact) mass is 906 g/mol. The smallest absolute Gasteiger partial charge is 0.862 e. The van der Waals surface area contributed by atoms with Crippen molar-refractivity contribution in [3.63, 3.8) is 0 Å². The summed E-state index contributed by atoms with van der Waals surface area (Å²) < 4.78 is 15.5. The SMILES string of the molecule is O[Si](O)(O)O[Si](O)(O)O.O[Si](O)(O)O[Si](O)(O)O.O[Si](O)(O)O[Si](O)(O)O.O[Si](O)(O)O[Si](O)(O)O.[Li+].[Li+].[Li+].[Li+].[Li+].[Li+].[O-][Si]([O-])([O-])O[Si]([O-])([O-])[O-]. The van der Waals surface area contributed by atoms with Crippen molar-refractivity contribution in [1.82, 2.24) is 0 Å². The second kappa shape index (κ2) is 32.2. The summed E-state index contributed by atoms with van der Waals surface area (Å²) in [6.07, 6.45) is 0. The van der Waals surface area contributed by atoms with Crippen LogP contribution < -0.4 is 142 Å². The molecule has 0 saturated carbocycles. The Morgan fingerprint density at radius 2 is 0.275 bits per heavy atom. The summed E-state index contributed by atoms with van der Waals surface area (Å²) in [5.41, 5.74) is 0. The maximum atomic E-state index is 9.36. The molecule has 0 aromatic rings. The Hall–Kier alpha value is 4.35. The normalized spacial score (nSPS) is 12.4. The van der Waals surface area contributed by atoms with Crippen molar-refractivity contribution in [3.05, 3.63) is 0 Å². The van der Waals surface area contributed by atoms with Crippen LogP contribution in [0.4, 0.5) is 0 Å². The van der Waals surface area contributed by atoms with Gasteiger partial charge in [0.05, 0.1) is 0 Å². The van der Waals surface area contributed by atoms with E-state index in [1.807, 2.05) is 0 Å². The van der Waals surface area contributed by atoms with Gasteiger partial charge in [-0.25, -0.2) is 0 Å². The molecule has 51 heteroatoms. The Bertz CT molecular complexity index is 538. The molecule has 0 aliphatic heterocycles. The predicted octanol–water partition coefficient (Wildman–Crippen LogP) is -42.6. The van der Waals surface area contributed by atoms with Crippen LogP contribution in [-0.2, 0) is 20.6 Å². The van der Waals surface area contributed by atoms with E-state index in [1.165, 1.54) is 0 Å². The fourth-order valence-electron chi connectivity index (χ4n) is 0.888. The second-order valence-corrected chi connectivity index (χ2v) is 21.4. The van der Waals surface area contributed by atoms with E-state index < -0.39 is 90.5 Å². The van der Waals surface area contributed by atoms with Gasteiger partial charge in [0.2, 0.25) is 0 Å². The van der Waals surface area contributed by atoms with Crippen molar-refractivity contribution in [2.45, 2.75) is 0 Å². The van der Waals surface area contributed by atoms with Gasteiger partial charge in [-0.15, -0.1) is 18.1 Å². The standard InChI is InChI=1S/6Li.4H6O7Si2.O7Si2/c;;;;;;5*1-8(2,3)7-9(4,5)6/h;;;;;;4*1-6H;/q6*+1;;;;;-6. The van der Waals surface area contributed by atoms with Crippen LogP contribution in [0.15, 0.2) is 0 Å². The molecule has 0 rings (SSSR count). The first kappa shape index (κ1) is 83.1.